The van der Waals surface area contributed by atoms with Crippen molar-refractivity contribution >= 4 is 21.1 Å². The van der Waals surface area contributed by atoms with Gasteiger partial charge in [-0.2, -0.15) is 9.98 Å². The lowest BCUT2D eigenvalue weighted by atomic mass is 10.0. The third-order valence-electron chi connectivity index (χ3n) is 5.95. The Labute approximate surface area is 209 Å². The summed E-state index contributed by atoms with van der Waals surface area (Å²) in [5.41, 5.74) is 4.71. The first-order valence-corrected chi connectivity index (χ1v) is 13.1. The van der Waals surface area contributed by atoms with Gasteiger partial charge in [-0.25, -0.2) is 13.2 Å². The Bertz CT molecular complexity index is 1540. The number of sulfonamides is 1. The third kappa shape index (κ3) is 6.07. The Morgan fingerprint density at radius 3 is 2.56 bits per heavy atom. The molecule has 2 aromatic heterocycles. The van der Waals surface area contributed by atoms with Crippen molar-refractivity contribution in [2.45, 2.75) is 25.4 Å². The van der Waals surface area contributed by atoms with Crippen LogP contribution in [0.1, 0.15) is 24.2 Å². The molecular weight excluding hydrogens is 478 g/mol. The molecule has 0 saturated carbocycles. The molecule has 0 unspecified atom stereocenters. The molecule has 2 atom stereocenters. The van der Waals surface area contributed by atoms with Crippen LogP contribution in [0, 0.1) is 11.3 Å². The molecule has 186 valence electrons. The topological polar surface area (TPSA) is 130 Å². The Balaban J connectivity index is 1.35. The molecule has 0 spiro atoms. The molecule has 0 radical (unpaired) electrons. The number of oxazole rings is 1. The largest absolute Gasteiger partial charge is 0.419 e. The minimum atomic E-state index is -3.66. The summed E-state index contributed by atoms with van der Waals surface area (Å²) in [5, 5.41) is 12.7. The van der Waals surface area contributed by atoms with E-state index in [-0.39, 0.29) is 24.8 Å². The molecule has 36 heavy (non-hydrogen) atoms. The highest BCUT2D eigenvalue weighted by Gasteiger charge is 2.19. The fraction of sp³-hybridized carbons (Fsp3) is 0.269. The molecule has 4 aromatic rings. The first-order chi connectivity index (χ1) is 17.3. The molecule has 2 aromatic carbocycles. The Morgan fingerprint density at radius 1 is 1.11 bits per heavy atom. The number of hydrogen-bond acceptors (Lipinski definition) is 7. The second-order valence-electron chi connectivity index (χ2n) is 8.56. The van der Waals surface area contributed by atoms with Gasteiger partial charge in [0.05, 0.1) is 23.0 Å². The monoisotopic (exact) mass is 505 g/mol. The lowest BCUT2D eigenvalue weighted by Crippen LogP contribution is -2.39. The Kier molecular flexibility index (Phi) is 7.64. The van der Waals surface area contributed by atoms with Gasteiger partial charge in [-0.1, -0.05) is 36.4 Å². The predicted molar refractivity (Wildman–Crippen MR) is 138 cm³/mol. The molecule has 0 amide bonds. The van der Waals surface area contributed by atoms with Crippen molar-refractivity contribution in [1.82, 2.24) is 19.6 Å². The van der Waals surface area contributed by atoms with Gasteiger partial charge in [0.2, 0.25) is 10.0 Å². The van der Waals surface area contributed by atoms with Crippen LogP contribution in [0.15, 0.2) is 76.1 Å². The number of hydrogen-bond donors (Lipinski definition) is 2. The molecule has 0 bridgehead atoms. The number of nitriles is 1. The maximum absolute atomic E-state index is 12.5. The van der Waals surface area contributed by atoms with Crippen molar-refractivity contribution in [1.29, 1.82) is 5.26 Å². The standard InChI is InChI=1S/C26H27N5O4S/c1-18(23-5-3-4-12-29-23)28-13-14-36(33,34)30-22(17-27)15-19-6-8-20(9-7-19)21-10-11-25-24(16-21)31(2)26(32)35-25/h3-12,16,18,22,28,30H,13-15H2,1-2H3/t18-,22+/m1/s1. The van der Waals surface area contributed by atoms with E-state index in [1.54, 1.807) is 19.3 Å². The van der Waals surface area contributed by atoms with Crippen LogP contribution in [0.5, 0.6) is 0 Å². The Morgan fingerprint density at radius 2 is 1.86 bits per heavy atom. The SMILES string of the molecule is C[C@@H](NCCS(=O)(=O)N[C@H](C#N)Cc1ccc(-c2ccc3oc(=O)n(C)c3c2)cc1)c1ccccn1. The van der Waals surface area contributed by atoms with Gasteiger partial charge in [-0.3, -0.25) is 9.55 Å². The van der Waals surface area contributed by atoms with E-state index in [9.17, 15) is 18.5 Å². The van der Waals surface area contributed by atoms with Crippen molar-refractivity contribution in [3.05, 3.63) is 88.7 Å². The highest BCUT2D eigenvalue weighted by molar-refractivity contribution is 7.89. The molecule has 9 nitrogen and oxygen atoms in total. The maximum Gasteiger partial charge on any atom is 0.419 e. The van der Waals surface area contributed by atoms with Crippen LogP contribution in [-0.2, 0) is 23.5 Å². The van der Waals surface area contributed by atoms with E-state index in [0.29, 0.717) is 11.1 Å². The molecule has 4 rings (SSSR count). The van der Waals surface area contributed by atoms with Crippen LogP contribution in [0.2, 0.25) is 0 Å². The van der Waals surface area contributed by atoms with E-state index < -0.39 is 21.8 Å². The minimum Gasteiger partial charge on any atom is -0.408 e. The van der Waals surface area contributed by atoms with Crippen LogP contribution in [0.25, 0.3) is 22.2 Å². The summed E-state index contributed by atoms with van der Waals surface area (Å²) in [7, 11) is -2.00. The van der Waals surface area contributed by atoms with Crippen molar-refractivity contribution in [3.63, 3.8) is 0 Å². The summed E-state index contributed by atoms with van der Waals surface area (Å²) in [5.74, 6) is -0.568. The zero-order valence-corrected chi connectivity index (χ0v) is 20.8. The van der Waals surface area contributed by atoms with E-state index in [2.05, 4.69) is 15.0 Å². The number of rotatable bonds is 10. The maximum atomic E-state index is 12.5. The van der Waals surface area contributed by atoms with E-state index in [1.165, 1.54) is 4.57 Å². The first kappa shape index (κ1) is 25.3. The molecule has 0 aliphatic rings. The molecular formula is C26H27N5O4S. The predicted octanol–water partition coefficient (Wildman–Crippen LogP) is 2.90. The fourth-order valence-corrected chi connectivity index (χ4v) is 4.98. The number of nitrogens with zero attached hydrogens (tertiary/aromatic N) is 3. The van der Waals surface area contributed by atoms with Gasteiger partial charge in [0, 0.05) is 32.3 Å². The second kappa shape index (κ2) is 10.9. The molecule has 0 aliphatic heterocycles. The van der Waals surface area contributed by atoms with Gasteiger partial charge in [-0.15, -0.1) is 0 Å². The van der Waals surface area contributed by atoms with Gasteiger partial charge in [-0.05, 0) is 47.9 Å². The normalized spacial score (nSPS) is 13.4. The van der Waals surface area contributed by atoms with E-state index >= 15 is 0 Å². The zero-order chi connectivity index (χ0) is 25.7. The summed E-state index contributed by atoms with van der Waals surface area (Å²) < 4.78 is 34.2. The molecule has 2 N–H and O–H groups in total. The van der Waals surface area contributed by atoms with Crippen LogP contribution < -0.4 is 15.8 Å². The van der Waals surface area contributed by atoms with Gasteiger partial charge < -0.3 is 9.73 Å². The zero-order valence-electron chi connectivity index (χ0n) is 20.0. The second-order valence-corrected chi connectivity index (χ2v) is 10.4. The van der Waals surface area contributed by atoms with Gasteiger partial charge in [0.15, 0.2) is 5.58 Å². The lowest BCUT2D eigenvalue weighted by molar-refractivity contribution is 0.528. The van der Waals surface area contributed by atoms with Crippen LogP contribution in [0.3, 0.4) is 0 Å². The highest BCUT2D eigenvalue weighted by atomic mass is 32.2. The highest BCUT2D eigenvalue weighted by Crippen LogP contribution is 2.24. The summed E-state index contributed by atoms with van der Waals surface area (Å²) in [6.45, 7) is 2.14. The number of aromatic nitrogens is 2. The van der Waals surface area contributed by atoms with Gasteiger partial charge in [0.1, 0.15) is 6.04 Å². The third-order valence-corrected chi connectivity index (χ3v) is 7.33. The minimum absolute atomic E-state index is 0.0919. The summed E-state index contributed by atoms with van der Waals surface area (Å²) in [6, 6.07) is 19.7. The smallest absolute Gasteiger partial charge is 0.408 e. The molecule has 2 heterocycles. The average Bonchev–Trinajstić information content (AvgIpc) is 3.17. The van der Waals surface area contributed by atoms with Crippen molar-refractivity contribution in [2.24, 2.45) is 7.05 Å². The molecule has 10 heteroatoms. The van der Waals surface area contributed by atoms with E-state index in [1.807, 2.05) is 67.6 Å². The Hall–Kier alpha value is -3.78. The van der Waals surface area contributed by atoms with E-state index in [4.69, 9.17) is 4.42 Å². The molecule has 0 aliphatic carbocycles. The quantitative estimate of drug-likeness (QED) is 0.339. The number of pyridine rings is 1. The number of fused-ring (bicyclic) bond motifs is 1. The lowest BCUT2D eigenvalue weighted by Gasteiger charge is -2.15. The van der Waals surface area contributed by atoms with Crippen LogP contribution in [-0.4, -0.2) is 36.3 Å². The van der Waals surface area contributed by atoms with Gasteiger partial charge in [0.25, 0.3) is 0 Å². The summed E-state index contributed by atoms with van der Waals surface area (Å²) in [6.07, 6.45) is 1.93. The summed E-state index contributed by atoms with van der Waals surface area (Å²) in [4.78, 5) is 16.0. The number of benzene rings is 2. The number of aryl methyl sites for hydroxylation is 1. The van der Waals surface area contributed by atoms with Crippen molar-refractivity contribution in [2.75, 3.05) is 12.3 Å². The van der Waals surface area contributed by atoms with Gasteiger partial charge >= 0.3 is 5.76 Å². The average molecular weight is 506 g/mol. The van der Waals surface area contributed by atoms with Crippen molar-refractivity contribution in [3.8, 4) is 17.2 Å². The van der Waals surface area contributed by atoms with Crippen LogP contribution in [0.4, 0.5) is 0 Å². The summed E-state index contributed by atoms with van der Waals surface area (Å²) >= 11 is 0. The van der Waals surface area contributed by atoms with Crippen LogP contribution >= 0.6 is 0 Å². The van der Waals surface area contributed by atoms with Crippen molar-refractivity contribution < 1.29 is 12.8 Å². The molecule has 0 saturated heterocycles. The number of nitrogens with one attached hydrogen (secondary N) is 2. The molecule has 0 fully saturated rings. The fourth-order valence-electron chi connectivity index (χ4n) is 3.91. The van der Waals surface area contributed by atoms with E-state index in [0.717, 1.165) is 22.4 Å². The first-order valence-electron chi connectivity index (χ1n) is 11.5.